The Morgan fingerprint density at radius 3 is 2.56 bits per heavy atom. The van der Waals surface area contributed by atoms with Gasteiger partial charge in [-0.3, -0.25) is 4.79 Å². The quantitative estimate of drug-likeness (QED) is 0.233. The summed E-state index contributed by atoms with van der Waals surface area (Å²) in [5.41, 5.74) is 3.00. The van der Waals surface area contributed by atoms with Gasteiger partial charge in [0, 0.05) is 33.8 Å². The van der Waals surface area contributed by atoms with E-state index in [-0.39, 0.29) is 11.7 Å². The van der Waals surface area contributed by atoms with Crippen molar-refractivity contribution in [1.82, 2.24) is 14.8 Å². The summed E-state index contributed by atoms with van der Waals surface area (Å²) in [5, 5.41) is 16.5. The summed E-state index contributed by atoms with van der Waals surface area (Å²) >= 11 is 4.30. The summed E-state index contributed by atoms with van der Waals surface area (Å²) in [6, 6.07) is 11.7. The van der Waals surface area contributed by atoms with Gasteiger partial charge < -0.3 is 14.6 Å². The average molecular weight is 513 g/mol. The van der Waals surface area contributed by atoms with Crippen LogP contribution in [0.5, 0.6) is 0 Å². The van der Waals surface area contributed by atoms with Crippen LogP contribution in [0.1, 0.15) is 35.0 Å². The molecule has 1 amide bonds. The number of esters is 1. The molecule has 0 atom stereocenters. The zero-order valence-corrected chi connectivity index (χ0v) is 21.6. The fourth-order valence-electron chi connectivity index (χ4n) is 3.34. The number of hydrogen-bond donors (Lipinski definition) is 1. The first kappa shape index (κ1) is 24.2. The molecule has 0 aliphatic carbocycles. The predicted octanol–water partition coefficient (Wildman–Crippen LogP) is 5.91. The second kappa shape index (κ2) is 10.5. The first-order chi connectivity index (χ1) is 16.4. The van der Waals surface area contributed by atoms with Gasteiger partial charge in [-0.2, -0.15) is 0 Å². The minimum absolute atomic E-state index is 0.131. The lowest BCUT2D eigenvalue weighted by atomic mass is 10.0. The van der Waals surface area contributed by atoms with Crippen LogP contribution in [0.3, 0.4) is 0 Å². The maximum absolute atomic E-state index is 12.7. The molecule has 3 heterocycles. The van der Waals surface area contributed by atoms with Gasteiger partial charge in [0.25, 0.3) is 0 Å². The van der Waals surface area contributed by atoms with Crippen LogP contribution in [0, 0.1) is 0 Å². The molecule has 0 spiro atoms. The number of rotatable bonds is 8. The standard InChI is InChI=1S/C24H24N4O3S3/c1-14(2)18-10-16(11-32-18)21-26-27-24(28(21)3)34-13-19(29)25-22-20(23(30)31-4)17(12-33-22)15-8-6-5-7-9-15/h5-12,14H,13H2,1-4H3,(H,25,29). The molecule has 0 saturated carbocycles. The normalized spacial score (nSPS) is 11.1. The van der Waals surface area contributed by atoms with Crippen molar-refractivity contribution in [2.75, 3.05) is 18.2 Å². The molecule has 0 unspecified atom stereocenters. The van der Waals surface area contributed by atoms with E-state index in [4.69, 9.17) is 4.74 Å². The van der Waals surface area contributed by atoms with Crippen LogP contribution in [0.25, 0.3) is 22.5 Å². The number of thioether (sulfide) groups is 1. The van der Waals surface area contributed by atoms with Crippen molar-refractivity contribution in [3.05, 3.63) is 57.6 Å². The Morgan fingerprint density at radius 2 is 1.88 bits per heavy atom. The molecule has 7 nitrogen and oxygen atoms in total. The molecule has 4 rings (SSSR count). The first-order valence-corrected chi connectivity index (χ1v) is 13.3. The van der Waals surface area contributed by atoms with Gasteiger partial charge in [0.05, 0.1) is 12.9 Å². The van der Waals surface area contributed by atoms with Crippen LogP contribution in [0.4, 0.5) is 5.00 Å². The number of carbonyl (C=O) groups is 2. The Bertz CT molecular complexity index is 1310. The molecule has 1 N–H and O–H groups in total. The van der Waals surface area contributed by atoms with Crippen molar-refractivity contribution >= 4 is 51.3 Å². The fraction of sp³-hybridized carbons (Fsp3) is 0.250. The van der Waals surface area contributed by atoms with Crippen molar-refractivity contribution in [2.24, 2.45) is 7.05 Å². The number of amides is 1. The van der Waals surface area contributed by atoms with Gasteiger partial charge in [0.2, 0.25) is 5.91 Å². The molecular formula is C24H24N4O3S3. The highest BCUT2D eigenvalue weighted by Crippen LogP contribution is 2.36. The minimum atomic E-state index is -0.488. The molecule has 0 bridgehead atoms. The third-order valence-corrected chi connectivity index (χ3v) is 8.28. The van der Waals surface area contributed by atoms with Crippen LogP contribution in [0.2, 0.25) is 0 Å². The third-order valence-electron chi connectivity index (χ3n) is 5.13. The summed E-state index contributed by atoms with van der Waals surface area (Å²) in [7, 11) is 3.22. The molecule has 0 saturated heterocycles. The molecule has 3 aromatic heterocycles. The van der Waals surface area contributed by atoms with Crippen molar-refractivity contribution in [3.63, 3.8) is 0 Å². The summed E-state index contributed by atoms with van der Waals surface area (Å²) in [5.74, 6) is 0.631. The SMILES string of the molecule is COC(=O)c1c(-c2ccccc2)csc1NC(=O)CSc1nnc(-c2csc(C(C)C)c2)n1C. The number of aromatic nitrogens is 3. The lowest BCUT2D eigenvalue weighted by Crippen LogP contribution is -2.16. The zero-order chi connectivity index (χ0) is 24.2. The lowest BCUT2D eigenvalue weighted by Gasteiger charge is -2.08. The van der Waals surface area contributed by atoms with Crippen LogP contribution in [0.15, 0.2) is 52.3 Å². The Kier molecular flexibility index (Phi) is 7.50. The number of benzene rings is 1. The van der Waals surface area contributed by atoms with Crippen molar-refractivity contribution in [3.8, 4) is 22.5 Å². The number of hydrogen-bond acceptors (Lipinski definition) is 8. The van der Waals surface area contributed by atoms with E-state index in [1.54, 1.807) is 11.3 Å². The number of thiophene rings is 2. The molecule has 34 heavy (non-hydrogen) atoms. The monoisotopic (exact) mass is 512 g/mol. The molecule has 176 valence electrons. The van der Waals surface area contributed by atoms with E-state index in [1.165, 1.54) is 35.1 Å². The highest BCUT2D eigenvalue weighted by molar-refractivity contribution is 7.99. The highest BCUT2D eigenvalue weighted by Gasteiger charge is 2.23. The number of ether oxygens (including phenoxy) is 1. The smallest absolute Gasteiger partial charge is 0.341 e. The van der Waals surface area contributed by atoms with E-state index in [0.29, 0.717) is 21.6 Å². The second-order valence-electron chi connectivity index (χ2n) is 7.81. The van der Waals surface area contributed by atoms with Crippen molar-refractivity contribution < 1.29 is 14.3 Å². The maximum atomic E-state index is 12.7. The van der Waals surface area contributed by atoms with Crippen molar-refractivity contribution in [1.29, 1.82) is 0 Å². The summed E-state index contributed by atoms with van der Waals surface area (Å²) in [6.45, 7) is 4.32. The van der Waals surface area contributed by atoms with Crippen LogP contribution in [-0.4, -0.2) is 39.5 Å². The van der Waals surface area contributed by atoms with Gasteiger partial charge >= 0.3 is 5.97 Å². The van der Waals surface area contributed by atoms with E-state index in [1.807, 2.05) is 47.3 Å². The molecule has 4 aromatic rings. The number of nitrogens with one attached hydrogen (secondary N) is 1. The molecular weight excluding hydrogens is 488 g/mol. The molecule has 0 aliphatic heterocycles. The Balaban J connectivity index is 1.46. The van der Waals surface area contributed by atoms with E-state index in [9.17, 15) is 9.59 Å². The fourth-order valence-corrected chi connectivity index (χ4v) is 5.93. The number of carbonyl (C=O) groups excluding carboxylic acids is 2. The summed E-state index contributed by atoms with van der Waals surface area (Å²) in [6.07, 6.45) is 0. The number of anilines is 1. The van der Waals surface area contributed by atoms with E-state index < -0.39 is 5.97 Å². The second-order valence-corrected chi connectivity index (χ2v) is 10.6. The van der Waals surface area contributed by atoms with Gasteiger partial charge in [0.1, 0.15) is 10.6 Å². The van der Waals surface area contributed by atoms with Crippen molar-refractivity contribution in [2.45, 2.75) is 24.9 Å². The van der Waals surface area contributed by atoms with E-state index in [0.717, 1.165) is 22.5 Å². The lowest BCUT2D eigenvalue weighted by molar-refractivity contribution is -0.113. The maximum Gasteiger partial charge on any atom is 0.341 e. The average Bonchev–Trinajstić information content (AvgIpc) is 3.56. The minimum Gasteiger partial charge on any atom is -0.465 e. The third kappa shape index (κ3) is 5.08. The van der Waals surface area contributed by atoms with Crippen LogP contribution >= 0.6 is 34.4 Å². The molecule has 0 fully saturated rings. The Hall–Kier alpha value is -2.95. The van der Waals surface area contributed by atoms with Gasteiger partial charge in [-0.15, -0.1) is 32.9 Å². The molecule has 0 radical (unpaired) electrons. The number of methoxy groups -OCH3 is 1. The van der Waals surface area contributed by atoms with Gasteiger partial charge in [0.15, 0.2) is 11.0 Å². The Morgan fingerprint density at radius 1 is 1.12 bits per heavy atom. The molecule has 0 aliphatic rings. The summed E-state index contributed by atoms with van der Waals surface area (Å²) < 4.78 is 6.87. The number of nitrogens with zero attached hydrogens (tertiary/aromatic N) is 3. The highest BCUT2D eigenvalue weighted by atomic mass is 32.2. The Labute approximate surface area is 210 Å². The van der Waals surface area contributed by atoms with Crippen LogP contribution in [-0.2, 0) is 16.6 Å². The van der Waals surface area contributed by atoms with Gasteiger partial charge in [-0.25, -0.2) is 4.79 Å². The first-order valence-electron chi connectivity index (χ1n) is 10.5. The van der Waals surface area contributed by atoms with Crippen LogP contribution < -0.4 is 5.32 Å². The largest absolute Gasteiger partial charge is 0.465 e. The van der Waals surface area contributed by atoms with E-state index >= 15 is 0 Å². The van der Waals surface area contributed by atoms with Gasteiger partial charge in [-0.1, -0.05) is 55.9 Å². The molecule has 10 heteroatoms. The van der Waals surface area contributed by atoms with Gasteiger partial charge in [-0.05, 0) is 17.5 Å². The predicted molar refractivity (Wildman–Crippen MR) is 139 cm³/mol. The zero-order valence-electron chi connectivity index (χ0n) is 19.2. The molecule has 1 aromatic carbocycles. The van der Waals surface area contributed by atoms with E-state index in [2.05, 4.69) is 40.8 Å². The summed E-state index contributed by atoms with van der Waals surface area (Å²) in [4.78, 5) is 26.5. The topological polar surface area (TPSA) is 86.1 Å².